The summed E-state index contributed by atoms with van der Waals surface area (Å²) in [4.78, 5) is 13.7. The Morgan fingerprint density at radius 2 is 1.87 bits per heavy atom. The average molecular weight is 447 g/mol. The molecule has 1 aromatic rings. The van der Waals surface area contributed by atoms with Crippen LogP contribution in [0.5, 0.6) is 0 Å². The number of pyridine rings is 1. The van der Waals surface area contributed by atoms with Crippen LogP contribution in [-0.2, 0) is 6.54 Å². The zero-order chi connectivity index (χ0) is 15.2. The van der Waals surface area contributed by atoms with Crippen LogP contribution >= 0.6 is 35.7 Å². The molecule has 0 amide bonds. The maximum atomic E-state index is 6.08. The third-order valence-electron chi connectivity index (χ3n) is 4.25. The summed E-state index contributed by atoms with van der Waals surface area (Å²) in [6.45, 7) is 4.88. The number of nitrogens with two attached hydrogens (primary N) is 1. The third-order valence-corrected chi connectivity index (χ3v) is 5.19. The lowest BCUT2D eigenvalue weighted by Crippen LogP contribution is -2.42. The van der Waals surface area contributed by atoms with Crippen LogP contribution < -0.4 is 10.6 Å². The van der Waals surface area contributed by atoms with Crippen LogP contribution in [0.4, 0.5) is 5.82 Å². The normalized spacial score (nSPS) is 19.4. The summed E-state index contributed by atoms with van der Waals surface area (Å²) >= 11 is 1.98. The lowest BCUT2D eigenvalue weighted by molar-refractivity contribution is 0.455. The molecule has 0 unspecified atom stereocenters. The minimum Gasteiger partial charge on any atom is -0.370 e. The quantitative estimate of drug-likeness (QED) is 0.439. The number of rotatable bonds is 3. The van der Waals surface area contributed by atoms with Crippen molar-refractivity contribution in [3.05, 3.63) is 23.9 Å². The van der Waals surface area contributed by atoms with E-state index in [0.29, 0.717) is 12.5 Å². The Kier molecular flexibility index (Phi) is 7.75. The number of nitrogens with zero attached hydrogens (tertiary/aromatic N) is 4. The van der Waals surface area contributed by atoms with E-state index in [2.05, 4.69) is 31.9 Å². The summed E-state index contributed by atoms with van der Waals surface area (Å²) in [5.41, 5.74) is 7.20. The molecule has 2 N–H and O–H groups in total. The first kappa shape index (κ1) is 18.6. The topological polar surface area (TPSA) is 57.8 Å². The first-order valence-corrected chi connectivity index (χ1v) is 9.31. The largest absolute Gasteiger partial charge is 0.370 e. The van der Waals surface area contributed by atoms with Crippen molar-refractivity contribution in [2.75, 3.05) is 42.6 Å². The summed E-state index contributed by atoms with van der Waals surface area (Å²) in [5.74, 6) is 4.04. The number of thioether (sulfide) groups is 1. The van der Waals surface area contributed by atoms with Gasteiger partial charge >= 0.3 is 0 Å². The van der Waals surface area contributed by atoms with Crippen molar-refractivity contribution in [3.8, 4) is 0 Å². The molecule has 0 atom stereocenters. The molecule has 2 aliphatic rings. The monoisotopic (exact) mass is 447 g/mol. The summed E-state index contributed by atoms with van der Waals surface area (Å²) in [5, 5.41) is 0. The number of guanidine groups is 1. The first-order valence-electron chi connectivity index (χ1n) is 8.15. The molecule has 0 saturated carbocycles. The van der Waals surface area contributed by atoms with Crippen LogP contribution in [0.1, 0.15) is 24.8 Å². The van der Waals surface area contributed by atoms with Crippen molar-refractivity contribution in [3.63, 3.8) is 0 Å². The molecular formula is C16H26IN5S. The smallest absolute Gasteiger partial charge is 0.191 e. The fourth-order valence-electron chi connectivity index (χ4n) is 2.89. The van der Waals surface area contributed by atoms with E-state index in [1.807, 2.05) is 18.0 Å². The van der Waals surface area contributed by atoms with Gasteiger partial charge in [0.25, 0.3) is 0 Å². The second kappa shape index (κ2) is 9.56. The second-order valence-corrected chi connectivity index (χ2v) is 7.07. The summed E-state index contributed by atoms with van der Waals surface area (Å²) in [6.07, 6.45) is 5.83. The lowest BCUT2D eigenvalue weighted by Gasteiger charge is -2.28. The minimum absolute atomic E-state index is 0. The zero-order valence-corrected chi connectivity index (χ0v) is 16.6. The van der Waals surface area contributed by atoms with Gasteiger partial charge in [-0.2, -0.15) is 11.8 Å². The number of hydrogen-bond donors (Lipinski definition) is 1. The Labute approximate surface area is 160 Å². The fourth-order valence-corrected chi connectivity index (χ4v) is 3.79. The number of halogens is 1. The summed E-state index contributed by atoms with van der Waals surface area (Å²) < 4.78 is 0. The molecule has 0 spiro atoms. The van der Waals surface area contributed by atoms with Crippen molar-refractivity contribution in [2.24, 2.45) is 10.7 Å². The number of piperidine rings is 1. The van der Waals surface area contributed by atoms with Gasteiger partial charge in [-0.1, -0.05) is 6.07 Å². The Hall–Kier alpha value is -0.700. The number of hydrogen-bond acceptors (Lipinski definition) is 4. The van der Waals surface area contributed by atoms with E-state index >= 15 is 0 Å². The molecule has 5 nitrogen and oxygen atoms in total. The highest BCUT2D eigenvalue weighted by Crippen LogP contribution is 2.17. The molecule has 0 radical (unpaired) electrons. The maximum absolute atomic E-state index is 6.08. The van der Waals surface area contributed by atoms with Crippen LogP contribution in [0.3, 0.4) is 0 Å². The van der Waals surface area contributed by atoms with E-state index in [1.165, 1.54) is 19.3 Å². The minimum atomic E-state index is 0. The van der Waals surface area contributed by atoms with E-state index in [4.69, 9.17) is 5.73 Å². The Bertz CT molecular complexity index is 496. The SMILES string of the molecule is I.NC(=NCc1ccc(N2CCCCC2)nc1)N1CCSCC1. The van der Waals surface area contributed by atoms with Crippen molar-refractivity contribution < 1.29 is 0 Å². The van der Waals surface area contributed by atoms with Gasteiger partial charge in [-0.15, -0.1) is 24.0 Å². The fraction of sp³-hybridized carbons (Fsp3) is 0.625. The van der Waals surface area contributed by atoms with E-state index < -0.39 is 0 Å². The standard InChI is InChI=1S/C16H25N5S.HI/c17-16(21-8-10-22-11-9-21)19-13-14-4-5-15(18-12-14)20-6-2-1-3-7-20;/h4-5,12H,1-3,6-11,13H2,(H2,17,19);1H. The molecule has 0 aromatic carbocycles. The third kappa shape index (κ3) is 5.41. The van der Waals surface area contributed by atoms with Crippen LogP contribution in [0, 0.1) is 0 Å². The Balaban J connectivity index is 0.00000192. The molecule has 0 aliphatic carbocycles. The predicted molar refractivity (Wildman–Crippen MR) is 110 cm³/mol. The predicted octanol–water partition coefficient (Wildman–Crippen LogP) is 2.55. The van der Waals surface area contributed by atoms with Gasteiger partial charge in [-0.3, -0.25) is 0 Å². The van der Waals surface area contributed by atoms with Gasteiger partial charge in [-0.05, 0) is 30.9 Å². The van der Waals surface area contributed by atoms with Gasteiger partial charge in [0.15, 0.2) is 5.96 Å². The lowest BCUT2D eigenvalue weighted by atomic mass is 10.1. The summed E-state index contributed by atoms with van der Waals surface area (Å²) in [6, 6.07) is 4.24. The van der Waals surface area contributed by atoms with Crippen LogP contribution in [0.25, 0.3) is 0 Å². The highest BCUT2D eigenvalue weighted by atomic mass is 127. The van der Waals surface area contributed by atoms with Crippen LogP contribution in [0.2, 0.25) is 0 Å². The molecule has 2 fully saturated rings. The van der Waals surface area contributed by atoms with Gasteiger partial charge in [0, 0.05) is 43.9 Å². The van der Waals surface area contributed by atoms with E-state index in [0.717, 1.165) is 49.1 Å². The maximum Gasteiger partial charge on any atom is 0.191 e. The Morgan fingerprint density at radius 3 is 2.52 bits per heavy atom. The van der Waals surface area contributed by atoms with Crippen molar-refractivity contribution in [1.82, 2.24) is 9.88 Å². The molecule has 1 aromatic heterocycles. The zero-order valence-electron chi connectivity index (χ0n) is 13.5. The van der Waals surface area contributed by atoms with E-state index in [9.17, 15) is 0 Å². The molecular weight excluding hydrogens is 421 g/mol. The highest BCUT2D eigenvalue weighted by molar-refractivity contribution is 14.0. The average Bonchev–Trinajstić information content (AvgIpc) is 2.61. The van der Waals surface area contributed by atoms with Crippen molar-refractivity contribution in [2.45, 2.75) is 25.8 Å². The first-order chi connectivity index (χ1) is 10.8. The van der Waals surface area contributed by atoms with Gasteiger partial charge in [0.1, 0.15) is 5.82 Å². The van der Waals surface area contributed by atoms with Crippen molar-refractivity contribution in [1.29, 1.82) is 0 Å². The van der Waals surface area contributed by atoms with Gasteiger partial charge < -0.3 is 15.5 Å². The molecule has 7 heteroatoms. The molecule has 3 heterocycles. The van der Waals surface area contributed by atoms with Gasteiger partial charge in [-0.25, -0.2) is 9.98 Å². The molecule has 0 bridgehead atoms. The molecule has 3 rings (SSSR count). The van der Waals surface area contributed by atoms with E-state index in [-0.39, 0.29) is 24.0 Å². The van der Waals surface area contributed by atoms with Crippen LogP contribution in [-0.4, -0.2) is 53.5 Å². The molecule has 128 valence electrons. The van der Waals surface area contributed by atoms with Crippen LogP contribution in [0.15, 0.2) is 23.3 Å². The Morgan fingerprint density at radius 1 is 1.13 bits per heavy atom. The molecule has 2 aliphatic heterocycles. The van der Waals surface area contributed by atoms with Crippen molar-refractivity contribution >= 4 is 47.5 Å². The number of anilines is 1. The number of aromatic nitrogens is 1. The second-order valence-electron chi connectivity index (χ2n) is 5.85. The molecule has 2 saturated heterocycles. The number of aliphatic imine (C=N–C) groups is 1. The van der Waals surface area contributed by atoms with Gasteiger partial charge in [0.2, 0.25) is 0 Å². The highest BCUT2D eigenvalue weighted by Gasteiger charge is 2.13. The molecule has 23 heavy (non-hydrogen) atoms. The summed E-state index contributed by atoms with van der Waals surface area (Å²) in [7, 11) is 0. The van der Waals surface area contributed by atoms with E-state index in [1.54, 1.807) is 0 Å². The van der Waals surface area contributed by atoms with Gasteiger partial charge in [0.05, 0.1) is 6.54 Å².